The first kappa shape index (κ1) is 14.5. The summed E-state index contributed by atoms with van der Waals surface area (Å²) >= 11 is 0. The minimum atomic E-state index is 0.498. The maximum atomic E-state index is 5.90. The molecule has 3 aromatic rings. The third-order valence-electron chi connectivity index (χ3n) is 4.59. The fraction of sp³-hybridized carbons (Fsp3) is 0.444. The second kappa shape index (κ2) is 6.16. The molecule has 23 heavy (non-hydrogen) atoms. The van der Waals surface area contributed by atoms with Crippen LogP contribution in [0.5, 0.6) is 0 Å². The van der Waals surface area contributed by atoms with Crippen molar-refractivity contribution in [2.75, 3.05) is 6.54 Å². The highest BCUT2D eigenvalue weighted by molar-refractivity contribution is 5.72. The fourth-order valence-corrected chi connectivity index (χ4v) is 3.42. The number of fused-ring (bicyclic) bond motifs is 1. The molecule has 1 fully saturated rings. The van der Waals surface area contributed by atoms with Crippen molar-refractivity contribution in [2.24, 2.45) is 0 Å². The molecule has 2 aromatic heterocycles. The smallest absolute Gasteiger partial charge is 0.209 e. The summed E-state index contributed by atoms with van der Waals surface area (Å²) in [4.78, 5) is 7.11. The van der Waals surface area contributed by atoms with E-state index in [1.165, 1.54) is 24.8 Å². The fourth-order valence-electron chi connectivity index (χ4n) is 3.42. The second-order valence-electron chi connectivity index (χ2n) is 6.44. The van der Waals surface area contributed by atoms with E-state index in [9.17, 15) is 0 Å². The Labute approximate surface area is 135 Å². The maximum absolute atomic E-state index is 5.90. The van der Waals surface area contributed by atoms with Gasteiger partial charge in [-0.1, -0.05) is 18.6 Å². The zero-order chi connectivity index (χ0) is 15.6. The number of para-hydroxylation sites is 2. The van der Waals surface area contributed by atoms with Gasteiger partial charge in [-0.05, 0) is 44.0 Å². The molecule has 0 N–H and O–H groups in total. The van der Waals surface area contributed by atoms with Gasteiger partial charge >= 0.3 is 0 Å². The van der Waals surface area contributed by atoms with E-state index in [1.807, 2.05) is 30.5 Å². The summed E-state index contributed by atoms with van der Waals surface area (Å²) in [6.07, 6.45) is 7.78. The number of hydrogen-bond acceptors (Lipinski definition) is 4. The van der Waals surface area contributed by atoms with Crippen molar-refractivity contribution in [1.82, 2.24) is 19.7 Å². The van der Waals surface area contributed by atoms with Gasteiger partial charge in [0.05, 0.1) is 19.3 Å². The first-order chi connectivity index (χ1) is 11.3. The van der Waals surface area contributed by atoms with E-state index in [1.54, 1.807) is 0 Å². The van der Waals surface area contributed by atoms with Crippen LogP contribution in [-0.4, -0.2) is 32.3 Å². The molecule has 5 nitrogen and oxygen atoms in total. The molecule has 1 aromatic carbocycles. The number of aryl methyl sites for hydroxylation is 1. The molecule has 0 saturated carbocycles. The molecule has 0 aliphatic carbocycles. The van der Waals surface area contributed by atoms with E-state index in [0.717, 1.165) is 36.6 Å². The van der Waals surface area contributed by atoms with Gasteiger partial charge in [0.2, 0.25) is 5.89 Å². The van der Waals surface area contributed by atoms with Crippen LogP contribution in [0, 0.1) is 6.92 Å². The molecule has 1 aliphatic rings. The van der Waals surface area contributed by atoms with Gasteiger partial charge in [0.1, 0.15) is 5.52 Å². The standard InChI is InChI=1S/C18H22N4O/c1-14-10-19-22(11-14)12-15-6-4-5-9-21(15)13-18-20-16-7-2-3-8-17(16)23-18/h2-3,7-8,10-11,15H,4-6,9,12-13H2,1H3. The molecule has 1 unspecified atom stereocenters. The summed E-state index contributed by atoms with van der Waals surface area (Å²) in [5, 5.41) is 4.44. The molecular weight excluding hydrogens is 288 g/mol. The topological polar surface area (TPSA) is 47.1 Å². The Balaban J connectivity index is 1.50. The Morgan fingerprint density at radius 1 is 1.26 bits per heavy atom. The van der Waals surface area contributed by atoms with E-state index in [-0.39, 0.29) is 0 Å². The first-order valence-electron chi connectivity index (χ1n) is 8.35. The summed E-state index contributed by atoms with van der Waals surface area (Å²) in [6, 6.07) is 8.46. The van der Waals surface area contributed by atoms with Gasteiger partial charge in [-0.3, -0.25) is 9.58 Å². The maximum Gasteiger partial charge on any atom is 0.209 e. The zero-order valence-electron chi connectivity index (χ0n) is 13.5. The molecule has 5 heteroatoms. The summed E-state index contributed by atoms with van der Waals surface area (Å²) in [5.74, 6) is 0.815. The van der Waals surface area contributed by atoms with Crippen LogP contribution in [0.1, 0.15) is 30.7 Å². The van der Waals surface area contributed by atoms with Crippen LogP contribution in [0.25, 0.3) is 11.1 Å². The Morgan fingerprint density at radius 2 is 2.17 bits per heavy atom. The Kier molecular flexibility index (Phi) is 3.87. The SMILES string of the molecule is Cc1cnn(CC2CCCCN2Cc2nc3ccccc3o2)c1. The molecule has 1 saturated heterocycles. The number of hydrogen-bond donors (Lipinski definition) is 0. The van der Waals surface area contributed by atoms with E-state index >= 15 is 0 Å². The molecule has 4 rings (SSSR count). The summed E-state index contributed by atoms with van der Waals surface area (Å²) in [6.45, 7) is 4.90. The second-order valence-corrected chi connectivity index (χ2v) is 6.44. The zero-order valence-corrected chi connectivity index (χ0v) is 13.5. The predicted molar refractivity (Wildman–Crippen MR) is 89.0 cm³/mol. The number of aromatic nitrogens is 3. The van der Waals surface area contributed by atoms with Crippen molar-refractivity contribution in [1.29, 1.82) is 0 Å². The summed E-state index contributed by atoms with van der Waals surface area (Å²) < 4.78 is 7.96. The third kappa shape index (κ3) is 3.15. The van der Waals surface area contributed by atoms with Crippen LogP contribution in [-0.2, 0) is 13.1 Å². The number of likely N-dealkylation sites (tertiary alicyclic amines) is 1. The Hall–Kier alpha value is -2.14. The minimum Gasteiger partial charge on any atom is -0.439 e. The van der Waals surface area contributed by atoms with Crippen LogP contribution in [0.15, 0.2) is 41.1 Å². The molecule has 3 heterocycles. The molecule has 1 atom stereocenters. The van der Waals surface area contributed by atoms with Gasteiger partial charge in [0.15, 0.2) is 5.58 Å². The predicted octanol–water partition coefficient (Wildman–Crippen LogP) is 3.39. The largest absolute Gasteiger partial charge is 0.439 e. The van der Waals surface area contributed by atoms with Crippen molar-refractivity contribution in [3.05, 3.63) is 48.1 Å². The molecule has 0 spiro atoms. The summed E-state index contributed by atoms with van der Waals surface area (Å²) in [7, 11) is 0. The van der Waals surface area contributed by atoms with Gasteiger partial charge in [0, 0.05) is 12.2 Å². The average molecular weight is 310 g/mol. The van der Waals surface area contributed by atoms with Crippen LogP contribution < -0.4 is 0 Å². The molecular formula is C18H22N4O. The third-order valence-corrected chi connectivity index (χ3v) is 4.59. The lowest BCUT2D eigenvalue weighted by atomic mass is 10.0. The molecule has 0 bridgehead atoms. The van der Waals surface area contributed by atoms with Crippen molar-refractivity contribution < 1.29 is 4.42 Å². The van der Waals surface area contributed by atoms with Crippen molar-refractivity contribution in [3.63, 3.8) is 0 Å². The van der Waals surface area contributed by atoms with Crippen LogP contribution >= 0.6 is 0 Å². The number of nitrogens with zero attached hydrogens (tertiary/aromatic N) is 4. The van der Waals surface area contributed by atoms with Gasteiger partial charge in [-0.2, -0.15) is 5.10 Å². The lowest BCUT2D eigenvalue weighted by molar-refractivity contribution is 0.112. The van der Waals surface area contributed by atoms with E-state index in [0.29, 0.717) is 6.04 Å². The molecule has 0 radical (unpaired) electrons. The Bertz CT molecular complexity index is 758. The van der Waals surface area contributed by atoms with Crippen molar-refractivity contribution in [3.8, 4) is 0 Å². The van der Waals surface area contributed by atoms with Crippen molar-refractivity contribution in [2.45, 2.75) is 45.3 Å². The lowest BCUT2D eigenvalue weighted by Crippen LogP contribution is -2.41. The van der Waals surface area contributed by atoms with Gasteiger partial charge in [0.25, 0.3) is 0 Å². The van der Waals surface area contributed by atoms with E-state index in [4.69, 9.17) is 4.42 Å². The first-order valence-corrected chi connectivity index (χ1v) is 8.35. The monoisotopic (exact) mass is 310 g/mol. The van der Waals surface area contributed by atoms with Crippen LogP contribution in [0.4, 0.5) is 0 Å². The normalized spacial score (nSPS) is 19.4. The van der Waals surface area contributed by atoms with Gasteiger partial charge < -0.3 is 4.42 Å². The van der Waals surface area contributed by atoms with E-state index in [2.05, 4.69) is 32.8 Å². The molecule has 120 valence electrons. The number of oxazole rings is 1. The molecule has 1 aliphatic heterocycles. The highest BCUT2D eigenvalue weighted by Crippen LogP contribution is 2.22. The number of piperidine rings is 1. The molecule has 0 amide bonds. The number of rotatable bonds is 4. The van der Waals surface area contributed by atoms with Crippen LogP contribution in [0.2, 0.25) is 0 Å². The number of benzene rings is 1. The van der Waals surface area contributed by atoms with Crippen molar-refractivity contribution >= 4 is 11.1 Å². The lowest BCUT2D eigenvalue weighted by Gasteiger charge is -2.34. The quantitative estimate of drug-likeness (QED) is 0.741. The van der Waals surface area contributed by atoms with Gasteiger partial charge in [-0.15, -0.1) is 0 Å². The van der Waals surface area contributed by atoms with Gasteiger partial charge in [-0.25, -0.2) is 4.98 Å². The highest BCUT2D eigenvalue weighted by Gasteiger charge is 2.24. The summed E-state index contributed by atoms with van der Waals surface area (Å²) in [5.41, 5.74) is 3.03. The Morgan fingerprint density at radius 3 is 3.00 bits per heavy atom. The average Bonchev–Trinajstić information content (AvgIpc) is 3.14. The van der Waals surface area contributed by atoms with E-state index < -0.39 is 0 Å². The minimum absolute atomic E-state index is 0.498. The highest BCUT2D eigenvalue weighted by atomic mass is 16.3. The van der Waals surface area contributed by atoms with Crippen LogP contribution in [0.3, 0.4) is 0 Å².